The van der Waals surface area contributed by atoms with Crippen LogP contribution in [0.1, 0.15) is 19.3 Å². The lowest BCUT2D eigenvalue weighted by atomic mass is 10.0. The maximum absolute atomic E-state index is 3.52. The second-order valence-electron chi connectivity index (χ2n) is 3.05. The molecule has 2 N–H and O–H groups in total. The summed E-state index contributed by atoms with van der Waals surface area (Å²) in [4.78, 5) is 0. The fourth-order valence-electron chi connectivity index (χ4n) is 1.92. The third-order valence-electron chi connectivity index (χ3n) is 2.45. The van der Waals surface area contributed by atoms with E-state index in [2.05, 4.69) is 10.6 Å². The molecule has 0 spiro atoms. The maximum atomic E-state index is 3.52. The summed E-state index contributed by atoms with van der Waals surface area (Å²) in [5.74, 6) is 0. The Balaban J connectivity index is 1.97. The van der Waals surface area contributed by atoms with Crippen molar-refractivity contribution in [3.05, 3.63) is 0 Å². The molecular formula is C7H14N2. The number of piperidine rings is 1. The summed E-state index contributed by atoms with van der Waals surface area (Å²) in [6.07, 6.45) is 4.08. The molecule has 2 rings (SSSR count). The van der Waals surface area contributed by atoms with Gasteiger partial charge in [-0.05, 0) is 32.4 Å². The molecule has 9 heavy (non-hydrogen) atoms. The number of hydrogen-bond donors (Lipinski definition) is 2. The Morgan fingerprint density at radius 2 is 1.67 bits per heavy atom. The Morgan fingerprint density at radius 3 is 2.56 bits per heavy atom. The van der Waals surface area contributed by atoms with E-state index in [0.717, 1.165) is 12.1 Å². The van der Waals surface area contributed by atoms with E-state index >= 15 is 0 Å². The first kappa shape index (κ1) is 5.69. The molecule has 0 bridgehead atoms. The number of rotatable bonds is 0. The fourth-order valence-corrected chi connectivity index (χ4v) is 1.92. The molecule has 0 aliphatic carbocycles. The van der Waals surface area contributed by atoms with Crippen molar-refractivity contribution in [2.24, 2.45) is 0 Å². The van der Waals surface area contributed by atoms with Crippen LogP contribution in [0.3, 0.4) is 0 Å². The van der Waals surface area contributed by atoms with Gasteiger partial charge in [-0.1, -0.05) is 0 Å². The van der Waals surface area contributed by atoms with Gasteiger partial charge in [-0.25, -0.2) is 0 Å². The maximum Gasteiger partial charge on any atom is 0.0233 e. The van der Waals surface area contributed by atoms with E-state index < -0.39 is 0 Å². The first-order valence-corrected chi connectivity index (χ1v) is 3.93. The van der Waals surface area contributed by atoms with Crippen LogP contribution in [-0.4, -0.2) is 25.2 Å². The smallest absolute Gasteiger partial charge is 0.0233 e. The van der Waals surface area contributed by atoms with Gasteiger partial charge in [-0.2, -0.15) is 0 Å². The molecule has 0 radical (unpaired) electrons. The van der Waals surface area contributed by atoms with Crippen LogP contribution in [0.5, 0.6) is 0 Å². The van der Waals surface area contributed by atoms with Crippen molar-refractivity contribution >= 4 is 0 Å². The van der Waals surface area contributed by atoms with E-state index in [4.69, 9.17) is 0 Å². The van der Waals surface area contributed by atoms with Gasteiger partial charge < -0.3 is 10.6 Å². The zero-order valence-corrected chi connectivity index (χ0v) is 5.69. The SMILES string of the molecule is C1CN[C@@H]2CCN[C@H]2C1. The molecule has 0 aromatic heterocycles. The van der Waals surface area contributed by atoms with E-state index in [0.29, 0.717) is 0 Å². The molecule has 0 unspecified atom stereocenters. The van der Waals surface area contributed by atoms with Crippen LogP contribution in [0.15, 0.2) is 0 Å². The number of nitrogens with one attached hydrogen (secondary N) is 2. The molecule has 2 saturated heterocycles. The quantitative estimate of drug-likeness (QED) is 0.481. The van der Waals surface area contributed by atoms with Crippen LogP contribution in [0.4, 0.5) is 0 Å². The molecule has 2 aliphatic heterocycles. The van der Waals surface area contributed by atoms with Crippen molar-refractivity contribution in [2.75, 3.05) is 13.1 Å². The lowest BCUT2D eigenvalue weighted by molar-refractivity contribution is 0.365. The predicted octanol–water partition coefficient (Wildman–Crippen LogP) is 0.100. The molecule has 2 nitrogen and oxygen atoms in total. The van der Waals surface area contributed by atoms with Crippen LogP contribution in [0, 0.1) is 0 Å². The van der Waals surface area contributed by atoms with Crippen molar-refractivity contribution in [3.8, 4) is 0 Å². The molecule has 0 aromatic carbocycles. The monoisotopic (exact) mass is 126 g/mol. The van der Waals surface area contributed by atoms with Gasteiger partial charge >= 0.3 is 0 Å². The standard InChI is InChI=1S/C7H14N2/c1-2-6-7(8-4-1)3-5-9-6/h6-9H,1-5H2/t6-,7+/m0/s1. The van der Waals surface area contributed by atoms with Gasteiger partial charge in [0.15, 0.2) is 0 Å². The van der Waals surface area contributed by atoms with E-state index in [-0.39, 0.29) is 0 Å². The summed E-state index contributed by atoms with van der Waals surface area (Å²) < 4.78 is 0. The highest BCUT2D eigenvalue weighted by atomic mass is 15.1. The van der Waals surface area contributed by atoms with Crippen molar-refractivity contribution < 1.29 is 0 Å². The van der Waals surface area contributed by atoms with Gasteiger partial charge in [-0.15, -0.1) is 0 Å². The Labute approximate surface area is 56.0 Å². The summed E-state index contributed by atoms with van der Waals surface area (Å²) >= 11 is 0. The molecule has 2 heterocycles. The summed E-state index contributed by atoms with van der Waals surface area (Å²) in [5.41, 5.74) is 0. The summed E-state index contributed by atoms with van der Waals surface area (Å²) in [6, 6.07) is 1.61. The second-order valence-corrected chi connectivity index (χ2v) is 3.05. The van der Waals surface area contributed by atoms with Gasteiger partial charge in [0.05, 0.1) is 0 Å². The average molecular weight is 126 g/mol. The topological polar surface area (TPSA) is 24.1 Å². The molecule has 2 fully saturated rings. The number of fused-ring (bicyclic) bond motifs is 1. The minimum absolute atomic E-state index is 0.804. The van der Waals surface area contributed by atoms with Crippen LogP contribution in [0.2, 0.25) is 0 Å². The first-order valence-electron chi connectivity index (χ1n) is 3.93. The van der Waals surface area contributed by atoms with Gasteiger partial charge in [0.2, 0.25) is 0 Å². The molecule has 0 saturated carbocycles. The largest absolute Gasteiger partial charge is 0.312 e. The van der Waals surface area contributed by atoms with Crippen molar-refractivity contribution in [2.45, 2.75) is 31.3 Å². The minimum atomic E-state index is 0.804. The lowest BCUT2D eigenvalue weighted by Gasteiger charge is -2.25. The summed E-state index contributed by atoms with van der Waals surface area (Å²) in [6.45, 7) is 2.46. The van der Waals surface area contributed by atoms with Gasteiger partial charge in [-0.3, -0.25) is 0 Å². The van der Waals surface area contributed by atoms with Crippen molar-refractivity contribution in [1.82, 2.24) is 10.6 Å². The Morgan fingerprint density at radius 1 is 0.889 bits per heavy atom. The van der Waals surface area contributed by atoms with Crippen LogP contribution in [0.25, 0.3) is 0 Å². The van der Waals surface area contributed by atoms with Crippen LogP contribution < -0.4 is 10.6 Å². The van der Waals surface area contributed by atoms with E-state index in [1.54, 1.807) is 0 Å². The Bertz CT molecular complexity index is 91.1. The fraction of sp³-hybridized carbons (Fsp3) is 1.00. The molecule has 2 atom stereocenters. The zero-order chi connectivity index (χ0) is 6.10. The highest BCUT2D eigenvalue weighted by molar-refractivity contribution is 4.91. The number of hydrogen-bond acceptors (Lipinski definition) is 2. The normalized spacial score (nSPS) is 42.7. The van der Waals surface area contributed by atoms with Crippen molar-refractivity contribution in [3.63, 3.8) is 0 Å². The van der Waals surface area contributed by atoms with Crippen molar-refractivity contribution in [1.29, 1.82) is 0 Å². The first-order chi connectivity index (χ1) is 4.47. The third kappa shape index (κ3) is 0.970. The highest BCUT2D eigenvalue weighted by Crippen LogP contribution is 2.15. The third-order valence-corrected chi connectivity index (χ3v) is 2.45. The Hall–Kier alpha value is -0.0800. The van der Waals surface area contributed by atoms with E-state index in [1.807, 2.05) is 0 Å². The van der Waals surface area contributed by atoms with Gasteiger partial charge in [0.25, 0.3) is 0 Å². The summed E-state index contributed by atoms with van der Waals surface area (Å²) in [7, 11) is 0. The zero-order valence-electron chi connectivity index (χ0n) is 5.69. The van der Waals surface area contributed by atoms with E-state index in [1.165, 1.54) is 32.4 Å². The van der Waals surface area contributed by atoms with Gasteiger partial charge in [0, 0.05) is 12.1 Å². The predicted molar refractivity (Wildman–Crippen MR) is 37.4 cm³/mol. The molecule has 2 heteroatoms. The molecule has 0 aromatic rings. The lowest BCUT2D eigenvalue weighted by Crippen LogP contribution is -2.45. The molecule has 52 valence electrons. The average Bonchev–Trinajstić information content (AvgIpc) is 2.33. The Kier molecular flexibility index (Phi) is 1.44. The molecule has 2 aliphatic rings. The second kappa shape index (κ2) is 2.27. The van der Waals surface area contributed by atoms with Gasteiger partial charge in [0.1, 0.15) is 0 Å². The highest BCUT2D eigenvalue weighted by Gasteiger charge is 2.28. The van der Waals surface area contributed by atoms with Crippen LogP contribution >= 0.6 is 0 Å². The molecule has 0 amide bonds. The van der Waals surface area contributed by atoms with Crippen LogP contribution in [-0.2, 0) is 0 Å². The summed E-state index contributed by atoms with van der Waals surface area (Å²) in [5, 5.41) is 7.01. The molecular weight excluding hydrogens is 112 g/mol. The van der Waals surface area contributed by atoms with E-state index in [9.17, 15) is 0 Å². The minimum Gasteiger partial charge on any atom is -0.312 e.